The summed E-state index contributed by atoms with van der Waals surface area (Å²) in [6, 6.07) is 0. The van der Waals surface area contributed by atoms with Gasteiger partial charge in [-0.3, -0.25) is 10.1 Å². The van der Waals surface area contributed by atoms with Gasteiger partial charge in [-0.1, -0.05) is 0 Å². The van der Waals surface area contributed by atoms with E-state index in [1.165, 1.54) is 0 Å². The molecule has 1 saturated heterocycles. The van der Waals surface area contributed by atoms with Crippen LogP contribution in [0.15, 0.2) is 0 Å². The summed E-state index contributed by atoms with van der Waals surface area (Å²) in [4.78, 5) is 11.9. The van der Waals surface area contributed by atoms with Gasteiger partial charge in [-0.05, 0) is 7.05 Å². The summed E-state index contributed by atoms with van der Waals surface area (Å²) in [5, 5.41) is 30.2. The van der Waals surface area contributed by atoms with Gasteiger partial charge in [-0.2, -0.15) is 0 Å². The van der Waals surface area contributed by atoms with Gasteiger partial charge in [0.25, 0.3) is 0 Å². The van der Waals surface area contributed by atoms with Crippen molar-refractivity contribution in [2.75, 3.05) is 20.2 Å². The molecular formula is C10H19FN2O5. The van der Waals surface area contributed by atoms with Crippen molar-refractivity contribution in [3.63, 3.8) is 0 Å². The van der Waals surface area contributed by atoms with Crippen molar-refractivity contribution >= 4 is 6.41 Å². The first-order valence-corrected chi connectivity index (χ1v) is 5.70. The Morgan fingerprint density at radius 1 is 1.61 bits per heavy atom. The quantitative estimate of drug-likeness (QED) is 0.308. The van der Waals surface area contributed by atoms with Crippen molar-refractivity contribution in [1.29, 1.82) is 0 Å². The number of aliphatic hydroxyl groups excluding tert-OH is 3. The number of carbonyl (C=O) groups is 1. The van der Waals surface area contributed by atoms with Crippen LogP contribution in [0.1, 0.15) is 6.42 Å². The molecule has 0 aliphatic carbocycles. The molecule has 1 unspecified atom stereocenters. The van der Waals surface area contributed by atoms with Crippen LogP contribution in [0.25, 0.3) is 0 Å². The zero-order valence-corrected chi connectivity index (χ0v) is 10.1. The Morgan fingerprint density at radius 2 is 2.28 bits per heavy atom. The van der Waals surface area contributed by atoms with Crippen LogP contribution in [0.4, 0.5) is 4.39 Å². The predicted octanol–water partition coefficient (Wildman–Crippen LogP) is -2.21. The highest BCUT2D eigenvalue weighted by Crippen LogP contribution is 2.26. The van der Waals surface area contributed by atoms with E-state index in [9.17, 15) is 19.4 Å². The van der Waals surface area contributed by atoms with Gasteiger partial charge in [0.1, 0.15) is 18.4 Å². The Kier molecular flexibility index (Phi) is 5.89. The molecule has 1 fully saturated rings. The second-order valence-electron chi connectivity index (χ2n) is 4.12. The molecule has 0 aromatic carbocycles. The van der Waals surface area contributed by atoms with E-state index < -0.39 is 37.4 Å². The lowest BCUT2D eigenvalue weighted by molar-refractivity contribution is -0.137. The second kappa shape index (κ2) is 6.95. The molecule has 5 atom stereocenters. The smallest absolute Gasteiger partial charge is 0.211 e. The van der Waals surface area contributed by atoms with E-state index in [0.29, 0.717) is 6.41 Å². The van der Waals surface area contributed by atoms with E-state index in [4.69, 9.17) is 9.84 Å². The van der Waals surface area contributed by atoms with Crippen molar-refractivity contribution in [2.24, 2.45) is 0 Å². The molecule has 0 bridgehead atoms. The third-order valence-corrected chi connectivity index (χ3v) is 2.93. The third kappa shape index (κ3) is 3.36. The van der Waals surface area contributed by atoms with Crippen molar-refractivity contribution in [3.05, 3.63) is 0 Å². The summed E-state index contributed by atoms with van der Waals surface area (Å²) in [7, 11) is 1.55. The fraction of sp³-hybridized carbons (Fsp3) is 0.900. The molecule has 4 N–H and O–H groups in total. The zero-order chi connectivity index (χ0) is 13.7. The van der Waals surface area contributed by atoms with E-state index in [1.807, 2.05) is 0 Å². The molecule has 1 rings (SSSR count). The number of carbonyl (C=O) groups excluding carboxylic acids is 1. The van der Waals surface area contributed by atoms with Crippen molar-refractivity contribution in [1.82, 2.24) is 10.2 Å². The Hall–Kier alpha value is -0.800. The minimum absolute atomic E-state index is 0.0709. The van der Waals surface area contributed by atoms with Crippen LogP contribution in [-0.4, -0.2) is 77.7 Å². The van der Waals surface area contributed by atoms with E-state index in [0.717, 1.165) is 4.90 Å². The zero-order valence-electron chi connectivity index (χ0n) is 10.1. The van der Waals surface area contributed by atoms with Crippen LogP contribution in [-0.2, 0) is 9.53 Å². The maximum Gasteiger partial charge on any atom is 0.211 e. The molecule has 0 saturated carbocycles. The van der Waals surface area contributed by atoms with Crippen LogP contribution in [0.5, 0.6) is 0 Å². The second-order valence-corrected chi connectivity index (χ2v) is 4.12. The van der Waals surface area contributed by atoms with E-state index >= 15 is 0 Å². The average Bonchev–Trinajstić information content (AvgIpc) is 2.67. The summed E-state index contributed by atoms with van der Waals surface area (Å²) in [5.74, 6) is 0. The molecule has 1 aliphatic rings. The Labute approximate surface area is 104 Å². The van der Waals surface area contributed by atoms with Gasteiger partial charge in [0.15, 0.2) is 12.4 Å². The molecule has 18 heavy (non-hydrogen) atoms. The Morgan fingerprint density at radius 3 is 2.72 bits per heavy atom. The van der Waals surface area contributed by atoms with Gasteiger partial charge < -0.3 is 25.0 Å². The minimum atomic E-state index is -1.78. The molecule has 1 amide bonds. The average molecular weight is 266 g/mol. The molecule has 0 aromatic rings. The number of nitrogens with zero attached hydrogens (tertiary/aromatic N) is 1. The first-order chi connectivity index (χ1) is 8.54. The largest absolute Gasteiger partial charge is 0.394 e. The summed E-state index contributed by atoms with van der Waals surface area (Å²) < 4.78 is 18.8. The molecule has 1 aliphatic heterocycles. The highest BCUT2D eigenvalue weighted by atomic mass is 19.1. The number of ether oxygens (including phenoxy) is 1. The van der Waals surface area contributed by atoms with Gasteiger partial charge >= 0.3 is 0 Å². The highest BCUT2D eigenvalue weighted by Gasteiger charge is 2.46. The number of nitrogens with one attached hydrogen (secondary N) is 1. The van der Waals surface area contributed by atoms with Gasteiger partial charge in [0.05, 0.1) is 6.61 Å². The summed E-state index contributed by atoms with van der Waals surface area (Å²) in [6.07, 6.45) is -5.74. The lowest BCUT2D eigenvalue weighted by Gasteiger charge is -2.26. The van der Waals surface area contributed by atoms with E-state index in [2.05, 4.69) is 5.32 Å². The van der Waals surface area contributed by atoms with Crippen molar-refractivity contribution < 1.29 is 29.2 Å². The maximum atomic E-state index is 13.7. The van der Waals surface area contributed by atoms with Gasteiger partial charge in [-0.25, -0.2) is 4.39 Å². The molecule has 0 spiro atoms. The van der Waals surface area contributed by atoms with Crippen LogP contribution in [0.2, 0.25) is 0 Å². The molecule has 7 nitrogen and oxygen atoms in total. The topological polar surface area (TPSA) is 102 Å². The molecule has 106 valence electrons. The van der Waals surface area contributed by atoms with Gasteiger partial charge in [0.2, 0.25) is 6.41 Å². The number of amides is 1. The number of hydrogen-bond acceptors (Lipinski definition) is 6. The van der Waals surface area contributed by atoms with Crippen LogP contribution in [0, 0.1) is 0 Å². The van der Waals surface area contributed by atoms with Crippen molar-refractivity contribution in [3.8, 4) is 0 Å². The lowest BCUT2D eigenvalue weighted by atomic mass is 10.1. The molecule has 0 aromatic heterocycles. The summed E-state index contributed by atoms with van der Waals surface area (Å²) in [6.45, 7) is -0.453. The Balaban J connectivity index is 2.57. The number of hydrogen-bond donors (Lipinski definition) is 4. The molecule has 8 heteroatoms. The summed E-state index contributed by atoms with van der Waals surface area (Å²) >= 11 is 0. The fourth-order valence-corrected chi connectivity index (χ4v) is 1.78. The minimum Gasteiger partial charge on any atom is -0.394 e. The summed E-state index contributed by atoms with van der Waals surface area (Å²) in [5.41, 5.74) is 0. The van der Waals surface area contributed by atoms with Gasteiger partial charge in [0, 0.05) is 13.0 Å². The van der Waals surface area contributed by atoms with Crippen LogP contribution >= 0.6 is 0 Å². The predicted molar refractivity (Wildman–Crippen MR) is 59.1 cm³/mol. The molecule has 1 heterocycles. The third-order valence-electron chi connectivity index (χ3n) is 2.93. The van der Waals surface area contributed by atoms with Crippen LogP contribution < -0.4 is 5.32 Å². The Bertz CT molecular complexity index is 271. The first-order valence-electron chi connectivity index (χ1n) is 5.70. The first kappa shape index (κ1) is 15.3. The van der Waals surface area contributed by atoms with Gasteiger partial charge in [-0.15, -0.1) is 0 Å². The monoisotopic (exact) mass is 266 g/mol. The number of alkyl halides is 1. The maximum absolute atomic E-state index is 13.7. The number of halogens is 1. The molecular weight excluding hydrogens is 247 g/mol. The molecule has 0 radical (unpaired) electrons. The lowest BCUT2D eigenvalue weighted by Crippen LogP contribution is -2.43. The normalized spacial score (nSPS) is 33.4. The van der Waals surface area contributed by atoms with Crippen LogP contribution in [0.3, 0.4) is 0 Å². The standard InChI is InChI=1S/C10H19FN2O5/c1-12-7(16)2-3-13(5-15)10-8(11)9(17)6(4-14)18-10/h5-10,12,14,16-17H,2-4H2,1H3/t6-,7+,8+,9-,10?/m1/s1. The van der Waals surface area contributed by atoms with Crippen molar-refractivity contribution in [2.45, 2.75) is 37.3 Å². The fourth-order valence-electron chi connectivity index (χ4n) is 1.78. The number of aliphatic hydroxyl groups is 3. The van der Waals surface area contributed by atoms with E-state index in [1.54, 1.807) is 7.05 Å². The SMILES string of the molecule is CN[C@@H](O)CCN(C=O)C1O[C@H](CO)[C@@H](O)[C@@H]1F. The number of rotatable bonds is 7. The van der Waals surface area contributed by atoms with E-state index in [-0.39, 0.29) is 13.0 Å². The highest BCUT2D eigenvalue weighted by molar-refractivity contribution is 5.47.